The number of nitrogens with two attached hydrogens (primary N) is 1. The number of hydrogen-bond donors (Lipinski definition) is 1. The fourth-order valence-electron chi connectivity index (χ4n) is 4.00. The number of furan rings is 1. The second-order valence-electron chi connectivity index (χ2n) is 7.02. The molecule has 2 N–H and O–H groups in total. The second-order valence-corrected chi connectivity index (χ2v) is 7.02. The van der Waals surface area contributed by atoms with E-state index in [9.17, 15) is 20.2 Å². The summed E-state index contributed by atoms with van der Waals surface area (Å²) in [6.45, 7) is 0. The highest BCUT2D eigenvalue weighted by Gasteiger charge is 2.37. The molecule has 0 spiro atoms. The summed E-state index contributed by atoms with van der Waals surface area (Å²) >= 11 is 0. The van der Waals surface area contributed by atoms with Gasteiger partial charge in [-0.25, -0.2) is 4.79 Å². The zero-order valence-electron chi connectivity index (χ0n) is 16.4. The Morgan fingerprint density at radius 3 is 2.62 bits per heavy atom. The SMILES string of the molecule is COc1c2ccoc2cc2oc(=O)c3c(c12)OC(N)=C(C#N)C3c1ccc([N+](=O)[O-])cc1. The molecule has 3 heterocycles. The molecule has 1 unspecified atom stereocenters. The Morgan fingerprint density at radius 2 is 1.97 bits per heavy atom. The van der Waals surface area contributed by atoms with Crippen LogP contribution >= 0.6 is 0 Å². The summed E-state index contributed by atoms with van der Waals surface area (Å²) in [4.78, 5) is 23.6. The maximum Gasteiger partial charge on any atom is 0.344 e. The first-order valence-electron chi connectivity index (χ1n) is 9.31. The van der Waals surface area contributed by atoms with Crippen molar-refractivity contribution in [1.82, 2.24) is 0 Å². The summed E-state index contributed by atoms with van der Waals surface area (Å²) in [7, 11) is 1.45. The van der Waals surface area contributed by atoms with Gasteiger partial charge in [0.15, 0.2) is 5.75 Å². The van der Waals surface area contributed by atoms with Gasteiger partial charge >= 0.3 is 5.63 Å². The molecular formula is C22H13N3O7. The van der Waals surface area contributed by atoms with Crippen molar-refractivity contribution in [2.75, 3.05) is 7.11 Å². The summed E-state index contributed by atoms with van der Waals surface area (Å²) in [5.74, 6) is -0.697. The maximum atomic E-state index is 13.1. The lowest BCUT2D eigenvalue weighted by atomic mass is 9.83. The van der Waals surface area contributed by atoms with E-state index in [2.05, 4.69) is 0 Å². The number of rotatable bonds is 3. The average Bonchev–Trinajstić information content (AvgIpc) is 3.25. The molecule has 0 saturated carbocycles. The maximum absolute atomic E-state index is 13.1. The lowest BCUT2D eigenvalue weighted by Gasteiger charge is -2.26. The number of nitrogens with zero attached hydrogens (tertiary/aromatic N) is 2. The Bertz CT molecular complexity index is 1560. The number of nitro benzene ring substituents is 1. The van der Waals surface area contributed by atoms with E-state index in [0.29, 0.717) is 27.7 Å². The van der Waals surface area contributed by atoms with Crippen LogP contribution in [-0.4, -0.2) is 12.0 Å². The monoisotopic (exact) mass is 431 g/mol. The Labute approximate surface area is 178 Å². The number of ether oxygens (including phenoxy) is 2. The third-order valence-electron chi connectivity index (χ3n) is 5.39. The van der Waals surface area contributed by atoms with Crippen molar-refractivity contribution < 1.29 is 23.2 Å². The van der Waals surface area contributed by atoms with Crippen LogP contribution in [0, 0.1) is 21.4 Å². The van der Waals surface area contributed by atoms with Gasteiger partial charge in [0.25, 0.3) is 5.69 Å². The normalized spacial score (nSPS) is 15.3. The molecule has 0 amide bonds. The number of allylic oxidation sites excluding steroid dienone is 1. The fourth-order valence-corrected chi connectivity index (χ4v) is 4.00. The van der Waals surface area contributed by atoms with Gasteiger partial charge in [0.2, 0.25) is 5.88 Å². The van der Waals surface area contributed by atoms with E-state index in [4.69, 9.17) is 24.0 Å². The quantitative estimate of drug-likeness (QED) is 0.290. The van der Waals surface area contributed by atoms with E-state index in [-0.39, 0.29) is 34.0 Å². The van der Waals surface area contributed by atoms with Crippen molar-refractivity contribution in [3.05, 3.63) is 85.8 Å². The van der Waals surface area contributed by atoms with Crippen LogP contribution in [0.25, 0.3) is 21.9 Å². The largest absolute Gasteiger partial charge is 0.495 e. The van der Waals surface area contributed by atoms with Crippen LogP contribution in [0.5, 0.6) is 11.5 Å². The molecule has 2 aromatic carbocycles. The number of nitro groups is 1. The van der Waals surface area contributed by atoms with E-state index >= 15 is 0 Å². The fraction of sp³-hybridized carbons (Fsp3) is 0.0909. The van der Waals surface area contributed by atoms with Gasteiger partial charge in [0.1, 0.15) is 33.9 Å². The molecule has 158 valence electrons. The molecule has 0 saturated heterocycles. The average molecular weight is 431 g/mol. The number of hydrogen-bond acceptors (Lipinski definition) is 9. The predicted octanol–water partition coefficient (Wildman–Crippen LogP) is 3.67. The van der Waals surface area contributed by atoms with E-state index in [0.717, 1.165) is 0 Å². The summed E-state index contributed by atoms with van der Waals surface area (Å²) in [5, 5.41) is 21.7. The molecule has 0 bridgehead atoms. The van der Waals surface area contributed by atoms with Gasteiger partial charge in [0.05, 0.1) is 35.2 Å². The predicted molar refractivity (Wildman–Crippen MR) is 111 cm³/mol. The van der Waals surface area contributed by atoms with Crippen molar-refractivity contribution >= 4 is 27.6 Å². The molecule has 1 aliphatic rings. The van der Waals surface area contributed by atoms with E-state index < -0.39 is 16.5 Å². The lowest BCUT2D eigenvalue weighted by Crippen LogP contribution is -2.26. The highest BCUT2D eigenvalue weighted by Crippen LogP contribution is 2.48. The first-order chi connectivity index (χ1) is 15.4. The van der Waals surface area contributed by atoms with Crippen LogP contribution in [0.3, 0.4) is 0 Å². The van der Waals surface area contributed by atoms with Gasteiger partial charge in [-0.05, 0) is 11.6 Å². The van der Waals surface area contributed by atoms with Crippen molar-refractivity contribution in [1.29, 1.82) is 5.26 Å². The van der Waals surface area contributed by atoms with Crippen LogP contribution in [0.4, 0.5) is 5.69 Å². The van der Waals surface area contributed by atoms with Crippen LogP contribution in [0.15, 0.2) is 67.7 Å². The molecule has 4 aromatic rings. The van der Waals surface area contributed by atoms with E-state index in [1.807, 2.05) is 6.07 Å². The molecule has 0 radical (unpaired) electrons. The molecule has 32 heavy (non-hydrogen) atoms. The number of benzene rings is 2. The first-order valence-corrected chi connectivity index (χ1v) is 9.31. The topological polar surface area (TPSA) is 155 Å². The van der Waals surface area contributed by atoms with Gasteiger partial charge < -0.3 is 24.0 Å². The third-order valence-corrected chi connectivity index (χ3v) is 5.39. The number of fused-ring (bicyclic) bond motifs is 4. The standard InChI is InChI=1S/C22H13N3O7/c1-29-19-12-6-7-30-14(12)8-15-17(19)20-18(22(26)31-15)16(13(9-23)21(24)32-20)10-2-4-11(5-3-10)25(27)28/h2-8,16H,24H2,1H3. The van der Waals surface area contributed by atoms with Crippen molar-refractivity contribution in [3.63, 3.8) is 0 Å². The smallest absolute Gasteiger partial charge is 0.344 e. The number of non-ortho nitro benzene ring substituents is 1. The Balaban J connectivity index is 1.86. The minimum absolute atomic E-state index is 0.0126. The minimum Gasteiger partial charge on any atom is -0.495 e. The number of methoxy groups -OCH3 is 1. The molecule has 10 heteroatoms. The molecule has 0 aliphatic carbocycles. The molecule has 1 aliphatic heterocycles. The highest BCUT2D eigenvalue weighted by atomic mass is 16.6. The van der Waals surface area contributed by atoms with E-state index in [1.54, 1.807) is 12.1 Å². The molecule has 5 rings (SSSR count). The third kappa shape index (κ3) is 2.61. The Kier molecular flexibility index (Phi) is 4.13. The minimum atomic E-state index is -0.949. The number of nitriles is 1. The van der Waals surface area contributed by atoms with Crippen molar-refractivity contribution in [3.8, 4) is 17.6 Å². The van der Waals surface area contributed by atoms with Gasteiger partial charge in [-0.1, -0.05) is 12.1 Å². The van der Waals surface area contributed by atoms with Crippen LogP contribution < -0.4 is 20.8 Å². The summed E-state index contributed by atoms with van der Waals surface area (Å²) < 4.78 is 22.3. The summed E-state index contributed by atoms with van der Waals surface area (Å²) in [5.41, 5.74) is 6.26. The van der Waals surface area contributed by atoms with Crippen molar-refractivity contribution in [2.45, 2.75) is 5.92 Å². The van der Waals surface area contributed by atoms with E-state index in [1.165, 1.54) is 37.6 Å². The molecule has 1 atom stereocenters. The Hall–Kier alpha value is -4.78. The van der Waals surface area contributed by atoms with Gasteiger partial charge in [-0.15, -0.1) is 0 Å². The van der Waals surface area contributed by atoms with Crippen LogP contribution in [0.2, 0.25) is 0 Å². The van der Waals surface area contributed by atoms with Gasteiger partial charge in [0, 0.05) is 18.2 Å². The lowest BCUT2D eigenvalue weighted by molar-refractivity contribution is -0.384. The Morgan fingerprint density at radius 1 is 1.22 bits per heavy atom. The first kappa shape index (κ1) is 19.2. The van der Waals surface area contributed by atoms with Crippen LogP contribution in [-0.2, 0) is 0 Å². The molecular weight excluding hydrogens is 418 g/mol. The van der Waals surface area contributed by atoms with Gasteiger partial charge in [-0.2, -0.15) is 5.26 Å². The zero-order valence-corrected chi connectivity index (χ0v) is 16.4. The van der Waals surface area contributed by atoms with Crippen molar-refractivity contribution in [2.24, 2.45) is 5.73 Å². The summed E-state index contributed by atoms with van der Waals surface area (Å²) in [6, 6.07) is 10.7. The van der Waals surface area contributed by atoms with Crippen LogP contribution in [0.1, 0.15) is 17.0 Å². The highest BCUT2D eigenvalue weighted by molar-refractivity contribution is 6.04. The molecule has 2 aromatic heterocycles. The molecule has 0 fully saturated rings. The summed E-state index contributed by atoms with van der Waals surface area (Å²) in [6.07, 6.45) is 1.47. The molecule has 10 nitrogen and oxygen atoms in total. The van der Waals surface area contributed by atoms with Gasteiger partial charge in [-0.3, -0.25) is 10.1 Å². The zero-order chi connectivity index (χ0) is 22.6. The second kappa shape index (κ2) is 6.88.